The van der Waals surface area contributed by atoms with Crippen molar-refractivity contribution in [2.75, 3.05) is 23.7 Å². The molecule has 0 saturated heterocycles. The van der Waals surface area contributed by atoms with Gasteiger partial charge in [-0.25, -0.2) is 8.42 Å². The summed E-state index contributed by atoms with van der Waals surface area (Å²) in [5, 5.41) is 3.65. The van der Waals surface area contributed by atoms with Crippen molar-refractivity contribution in [1.82, 2.24) is 10.2 Å². The first-order valence-electron chi connectivity index (χ1n) is 12.7. The third-order valence-corrected chi connectivity index (χ3v) is 8.56. The lowest BCUT2D eigenvalue weighted by Crippen LogP contribution is -2.53. The Labute approximate surface area is 261 Å². The number of benzene rings is 3. The fourth-order valence-corrected chi connectivity index (χ4v) is 5.73. The molecule has 0 bridgehead atoms. The Morgan fingerprint density at radius 2 is 1.46 bits per heavy atom. The predicted octanol–water partition coefficient (Wildman–Crippen LogP) is 6.48. The molecule has 0 aliphatic carbocycles. The van der Waals surface area contributed by atoms with E-state index in [2.05, 4.69) is 5.32 Å². The van der Waals surface area contributed by atoms with E-state index in [4.69, 9.17) is 46.4 Å². The van der Waals surface area contributed by atoms with Crippen molar-refractivity contribution in [3.63, 3.8) is 0 Å². The largest absolute Gasteiger partial charge is 0.354 e. The Hall–Kier alpha value is -2.49. The van der Waals surface area contributed by atoms with Crippen molar-refractivity contribution >= 4 is 73.9 Å². The lowest BCUT2D eigenvalue weighted by atomic mass is 10.0. The number of carbonyl (C=O) groups excluding carboxylic acids is 2. The molecular formula is C29H31Cl4N3O4S. The number of nitrogens with one attached hydrogen (secondary N) is 1. The first kappa shape index (κ1) is 33.0. The van der Waals surface area contributed by atoms with Crippen LogP contribution in [0.15, 0.2) is 66.7 Å². The molecule has 12 heteroatoms. The van der Waals surface area contributed by atoms with Crippen molar-refractivity contribution in [3.8, 4) is 0 Å². The molecule has 41 heavy (non-hydrogen) atoms. The Balaban J connectivity index is 2.08. The zero-order valence-corrected chi connectivity index (χ0v) is 26.6. The lowest BCUT2D eigenvalue weighted by Gasteiger charge is -2.34. The van der Waals surface area contributed by atoms with Crippen LogP contribution in [0.3, 0.4) is 0 Å². The number of carbonyl (C=O) groups is 2. The lowest BCUT2D eigenvalue weighted by molar-refractivity contribution is -0.140. The molecule has 0 radical (unpaired) electrons. The van der Waals surface area contributed by atoms with Gasteiger partial charge in [-0.1, -0.05) is 103 Å². The summed E-state index contributed by atoms with van der Waals surface area (Å²) in [7, 11) is -4.02. The van der Waals surface area contributed by atoms with Crippen molar-refractivity contribution in [3.05, 3.63) is 97.9 Å². The molecule has 3 rings (SSSR count). The van der Waals surface area contributed by atoms with E-state index in [9.17, 15) is 18.0 Å². The van der Waals surface area contributed by atoms with Crippen LogP contribution in [0.25, 0.3) is 0 Å². The molecule has 1 N–H and O–H groups in total. The van der Waals surface area contributed by atoms with Crippen LogP contribution < -0.4 is 9.62 Å². The first-order chi connectivity index (χ1) is 19.3. The molecule has 0 fully saturated rings. The first-order valence-corrected chi connectivity index (χ1v) is 16.1. The van der Waals surface area contributed by atoms with E-state index >= 15 is 0 Å². The van der Waals surface area contributed by atoms with E-state index in [1.165, 1.54) is 17.0 Å². The normalized spacial score (nSPS) is 12.2. The second-order valence-corrected chi connectivity index (χ2v) is 13.5. The highest BCUT2D eigenvalue weighted by molar-refractivity contribution is 7.92. The van der Waals surface area contributed by atoms with Crippen molar-refractivity contribution in [2.24, 2.45) is 5.92 Å². The smallest absolute Gasteiger partial charge is 0.244 e. The van der Waals surface area contributed by atoms with Gasteiger partial charge in [0.15, 0.2) is 0 Å². The SMILES string of the molecule is CC(C)CNC(=O)C(Cc1ccccc1)N(Cc1ccc(Cl)cc1)C(=O)CN(c1cc(Cl)c(Cl)cc1Cl)S(C)(=O)=O. The van der Waals surface area contributed by atoms with Crippen LogP contribution in [0.4, 0.5) is 5.69 Å². The quantitative estimate of drug-likeness (QED) is 0.226. The van der Waals surface area contributed by atoms with Gasteiger partial charge in [0.1, 0.15) is 12.6 Å². The van der Waals surface area contributed by atoms with Gasteiger partial charge in [-0.15, -0.1) is 0 Å². The number of rotatable bonds is 12. The Morgan fingerprint density at radius 1 is 0.854 bits per heavy atom. The molecule has 3 aromatic rings. The summed E-state index contributed by atoms with van der Waals surface area (Å²) in [4.78, 5) is 29.1. The molecule has 0 aromatic heterocycles. The Bertz CT molecular complexity index is 1470. The van der Waals surface area contributed by atoms with E-state index < -0.39 is 28.5 Å². The van der Waals surface area contributed by atoms with Gasteiger partial charge >= 0.3 is 0 Å². The van der Waals surface area contributed by atoms with Crippen LogP contribution in [0.1, 0.15) is 25.0 Å². The van der Waals surface area contributed by atoms with Crippen molar-refractivity contribution < 1.29 is 18.0 Å². The van der Waals surface area contributed by atoms with E-state index in [-0.39, 0.29) is 45.5 Å². The van der Waals surface area contributed by atoms with Gasteiger partial charge in [0.25, 0.3) is 0 Å². The number of amides is 2. The fourth-order valence-electron chi connectivity index (χ4n) is 4.06. The summed E-state index contributed by atoms with van der Waals surface area (Å²) < 4.78 is 26.7. The van der Waals surface area contributed by atoms with E-state index in [0.29, 0.717) is 17.1 Å². The molecule has 0 aliphatic heterocycles. The molecule has 0 aliphatic rings. The molecule has 0 saturated carbocycles. The van der Waals surface area contributed by atoms with Gasteiger partial charge < -0.3 is 10.2 Å². The minimum Gasteiger partial charge on any atom is -0.354 e. The maximum atomic E-state index is 14.1. The van der Waals surface area contributed by atoms with Gasteiger partial charge in [0.2, 0.25) is 21.8 Å². The summed E-state index contributed by atoms with van der Waals surface area (Å²) in [5.41, 5.74) is 1.53. The number of sulfonamides is 1. The number of hydrogen-bond acceptors (Lipinski definition) is 4. The van der Waals surface area contributed by atoms with Crippen LogP contribution in [0.2, 0.25) is 20.1 Å². The maximum absolute atomic E-state index is 14.1. The molecule has 3 aromatic carbocycles. The fraction of sp³-hybridized carbons (Fsp3) is 0.310. The summed E-state index contributed by atoms with van der Waals surface area (Å²) in [6, 6.07) is 17.8. The minimum atomic E-state index is -4.02. The molecule has 0 spiro atoms. The number of anilines is 1. The highest BCUT2D eigenvalue weighted by atomic mass is 35.5. The number of halogens is 4. The van der Waals surface area contributed by atoms with Crippen molar-refractivity contribution in [1.29, 1.82) is 0 Å². The monoisotopic (exact) mass is 657 g/mol. The van der Waals surface area contributed by atoms with Crippen LogP contribution >= 0.6 is 46.4 Å². The summed E-state index contributed by atoms with van der Waals surface area (Å²) in [6.07, 6.45) is 1.16. The summed E-state index contributed by atoms with van der Waals surface area (Å²) in [5.74, 6) is -0.800. The summed E-state index contributed by atoms with van der Waals surface area (Å²) >= 11 is 24.7. The average Bonchev–Trinajstić information content (AvgIpc) is 2.91. The third-order valence-electron chi connectivity index (χ3n) is 6.16. The van der Waals surface area contributed by atoms with E-state index in [0.717, 1.165) is 16.1 Å². The zero-order valence-electron chi connectivity index (χ0n) is 22.8. The Morgan fingerprint density at radius 3 is 2.05 bits per heavy atom. The molecule has 1 unspecified atom stereocenters. The standard InChI is InChI=1S/C29H31Cl4N3O4S/c1-19(2)16-34-29(38)27(13-20-7-5-4-6-8-20)35(17-21-9-11-22(30)12-10-21)28(37)18-36(41(3,39)40)26-15-24(32)23(31)14-25(26)33/h4-12,14-15,19,27H,13,16-18H2,1-3H3,(H,34,38). The number of nitrogens with zero attached hydrogens (tertiary/aromatic N) is 2. The van der Waals surface area contributed by atoms with Gasteiger partial charge in [-0.2, -0.15) is 0 Å². The molecule has 0 heterocycles. The topological polar surface area (TPSA) is 86.8 Å². The molecule has 220 valence electrons. The van der Waals surface area contributed by atoms with Crippen LogP contribution in [-0.4, -0.2) is 50.5 Å². The van der Waals surface area contributed by atoms with Gasteiger partial charge in [0.05, 0.1) is 27.0 Å². The average molecular weight is 659 g/mol. The molecular weight excluding hydrogens is 628 g/mol. The second-order valence-electron chi connectivity index (χ2n) is 9.98. The van der Waals surface area contributed by atoms with Gasteiger partial charge in [-0.3, -0.25) is 13.9 Å². The zero-order chi connectivity index (χ0) is 30.3. The Kier molecular flexibility index (Phi) is 11.8. The number of hydrogen-bond donors (Lipinski definition) is 1. The van der Waals surface area contributed by atoms with Crippen LogP contribution in [0, 0.1) is 5.92 Å². The predicted molar refractivity (Wildman–Crippen MR) is 167 cm³/mol. The van der Waals surface area contributed by atoms with E-state index in [1.807, 2.05) is 44.2 Å². The highest BCUT2D eigenvalue weighted by Gasteiger charge is 2.33. The summed E-state index contributed by atoms with van der Waals surface area (Å²) in [6.45, 7) is 3.73. The van der Waals surface area contributed by atoms with Crippen LogP contribution in [0.5, 0.6) is 0 Å². The maximum Gasteiger partial charge on any atom is 0.244 e. The molecule has 7 nitrogen and oxygen atoms in total. The van der Waals surface area contributed by atoms with Gasteiger partial charge in [0, 0.05) is 24.5 Å². The van der Waals surface area contributed by atoms with Gasteiger partial charge in [-0.05, 0) is 41.3 Å². The highest BCUT2D eigenvalue weighted by Crippen LogP contribution is 2.35. The minimum absolute atomic E-state index is 0.00242. The van der Waals surface area contributed by atoms with E-state index in [1.54, 1.807) is 24.3 Å². The third kappa shape index (κ3) is 9.51. The molecule has 2 amide bonds. The van der Waals surface area contributed by atoms with Crippen LogP contribution in [-0.2, 0) is 32.6 Å². The molecule has 1 atom stereocenters. The van der Waals surface area contributed by atoms with Crippen molar-refractivity contribution in [2.45, 2.75) is 32.9 Å². The second kappa shape index (κ2) is 14.6.